The topological polar surface area (TPSA) is 40.5 Å². The molecule has 1 heterocycles. The summed E-state index contributed by atoms with van der Waals surface area (Å²) in [6, 6.07) is 0. The number of hydrogen-bond donors (Lipinski definition) is 1. The number of ketones is 1. The molecule has 0 saturated carbocycles. The summed E-state index contributed by atoms with van der Waals surface area (Å²) >= 11 is 6.31. The molecule has 1 aliphatic heterocycles. The molecular formula is C7H13Br2NO2. The smallest absolute Gasteiger partial charge is 0.162 e. The van der Waals surface area contributed by atoms with Crippen molar-refractivity contribution in [3.8, 4) is 0 Å². The molecule has 12 heavy (non-hydrogen) atoms. The third-order valence-corrected chi connectivity index (χ3v) is 2.84. The second-order valence-electron chi connectivity index (χ2n) is 2.21. The van der Waals surface area contributed by atoms with Gasteiger partial charge in [-0.25, -0.2) is 0 Å². The van der Waals surface area contributed by atoms with Crippen LogP contribution in [0.5, 0.6) is 0 Å². The highest BCUT2D eigenvalue weighted by Crippen LogP contribution is 2.17. The summed E-state index contributed by atoms with van der Waals surface area (Å²) in [6.45, 7) is 4.75. The van der Waals surface area contributed by atoms with Gasteiger partial charge in [0.1, 0.15) is 0 Å². The minimum absolute atomic E-state index is 0.102. The molecule has 0 bridgehead atoms. The standard InChI is InChI=1S/C5H7Br2NO2.C2H6/c6-3-1-8(10)2-4(7)5(3)9;1-2/h3-4,10H,1-2H2;1-2H3. The number of hydrogen-bond acceptors (Lipinski definition) is 3. The molecular weight excluding hydrogens is 290 g/mol. The van der Waals surface area contributed by atoms with E-state index in [4.69, 9.17) is 5.21 Å². The zero-order valence-corrected chi connectivity index (χ0v) is 10.3. The first kappa shape index (κ1) is 12.6. The molecule has 0 spiro atoms. The number of carbonyl (C=O) groups excluding carboxylic acids is 1. The molecule has 1 aliphatic rings. The molecule has 2 atom stereocenters. The summed E-state index contributed by atoms with van der Waals surface area (Å²) in [5.41, 5.74) is 0. The molecule has 72 valence electrons. The van der Waals surface area contributed by atoms with E-state index in [9.17, 15) is 4.79 Å². The van der Waals surface area contributed by atoms with Crippen molar-refractivity contribution in [2.24, 2.45) is 0 Å². The first-order chi connectivity index (χ1) is 5.61. The van der Waals surface area contributed by atoms with Crippen LogP contribution in [-0.4, -0.2) is 38.8 Å². The molecule has 0 aliphatic carbocycles. The third-order valence-electron chi connectivity index (χ3n) is 1.36. The Morgan fingerprint density at radius 1 is 1.33 bits per heavy atom. The van der Waals surface area contributed by atoms with Crippen molar-refractivity contribution in [1.29, 1.82) is 0 Å². The largest absolute Gasteiger partial charge is 0.314 e. The predicted octanol–water partition coefficient (Wildman–Crippen LogP) is 1.81. The molecule has 0 aromatic rings. The number of hydroxylamine groups is 2. The Bertz CT molecular complexity index is 140. The summed E-state index contributed by atoms with van der Waals surface area (Å²) in [4.78, 5) is 10.6. The van der Waals surface area contributed by atoms with Gasteiger partial charge in [-0.2, -0.15) is 5.06 Å². The molecule has 1 fully saturated rings. The van der Waals surface area contributed by atoms with Gasteiger partial charge in [0.25, 0.3) is 0 Å². The predicted molar refractivity (Wildman–Crippen MR) is 55.1 cm³/mol. The molecule has 0 amide bonds. The molecule has 1 N–H and O–H groups in total. The van der Waals surface area contributed by atoms with E-state index in [0.717, 1.165) is 5.06 Å². The highest BCUT2D eigenvalue weighted by atomic mass is 79.9. The minimum Gasteiger partial charge on any atom is -0.314 e. The van der Waals surface area contributed by atoms with Gasteiger partial charge < -0.3 is 5.21 Å². The van der Waals surface area contributed by atoms with E-state index in [-0.39, 0.29) is 15.4 Å². The Labute approximate surface area is 89.3 Å². The van der Waals surface area contributed by atoms with Crippen LogP contribution in [0.4, 0.5) is 0 Å². The van der Waals surface area contributed by atoms with Crippen LogP contribution in [0.15, 0.2) is 0 Å². The lowest BCUT2D eigenvalue weighted by Crippen LogP contribution is -2.46. The van der Waals surface area contributed by atoms with Crippen molar-refractivity contribution >= 4 is 37.6 Å². The molecule has 3 nitrogen and oxygen atoms in total. The first-order valence-corrected chi connectivity index (χ1v) is 5.70. The lowest BCUT2D eigenvalue weighted by molar-refractivity contribution is -0.135. The first-order valence-electron chi connectivity index (χ1n) is 3.87. The summed E-state index contributed by atoms with van der Waals surface area (Å²) in [7, 11) is 0. The van der Waals surface area contributed by atoms with E-state index in [0.29, 0.717) is 13.1 Å². The van der Waals surface area contributed by atoms with Gasteiger partial charge >= 0.3 is 0 Å². The quantitative estimate of drug-likeness (QED) is 0.694. The number of carbonyl (C=O) groups is 1. The van der Waals surface area contributed by atoms with Crippen LogP contribution in [-0.2, 0) is 4.79 Å². The van der Waals surface area contributed by atoms with Crippen LogP contribution >= 0.6 is 31.9 Å². The van der Waals surface area contributed by atoms with E-state index in [1.165, 1.54) is 0 Å². The number of nitrogens with zero attached hydrogens (tertiary/aromatic N) is 1. The number of halogens is 2. The number of piperidine rings is 1. The van der Waals surface area contributed by atoms with Gasteiger partial charge in [-0.1, -0.05) is 45.7 Å². The minimum atomic E-state index is -0.240. The Morgan fingerprint density at radius 2 is 1.67 bits per heavy atom. The normalized spacial score (nSPS) is 30.9. The fourth-order valence-corrected chi connectivity index (χ4v) is 2.48. The van der Waals surface area contributed by atoms with Gasteiger partial charge in [0.05, 0.1) is 9.65 Å². The van der Waals surface area contributed by atoms with Crippen molar-refractivity contribution in [2.45, 2.75) is 23.5 Å². The molecule has 0 radical (unpaired) electrons. The van der Waals surface area contributed by atoms with Crippen LogP contribution in [0.25, 0.3) is 0 Å². The molecule has 0 aromatic carbocycles. The monoisotopic (exact) mass is 301 g/mol. The van der Waals surface area contributed by atoms with Crippen LogP contribution in [0.2, 0.25) is 0 Å². The maximum absolute atomic E-state index is 11.0. The van der Waals surface area contributed by atoms with Crippen molar-refractivity contribution < 1.29 is 10.0 Å². The molecule has 5 heteroatoms. The molecule has 2 unspecified atom stereocenters. The van der Waals surface area contributed by atoms with Crippen molar-refractivity contribution in [3.05, 3.63) is 0 Å². The summed E-state index contributed by atoms with van der Waals surface area (Å²) in [5, 5.41) is 10.1. The Balaban J connectivity index is 0.000000561. The van der Waals surface area contributed by atoms with Crippen LogP contribution < -0.4 is 0 Å². The molecule has 1 saturated heterocycles. The zero-order chi connectivity index (χ0) is 9.72. The van der Waals surface area contributed by atoms with Crippen LogP contribution in [0, 0.1) is 0 Å². The highest BCUT2D eigenvalue weighted by molar-refractivity contribution is 9.10. The number of rotatable bonds is 0. The van der Waals surface area contributed by atoms with E-state index < -0.39 is 0 Å². The fourth-order valence-electron chi connectivity index (χ4n) is 0.821. The Kier molecular flexibility index (Phi) is 6.35. The zero-order valence-electron chi connectivity index (χ0n) is 7.13. The average Bonchev–Trinajstić information content (AvgIpc) is 2.04. The van der Waals surface area contributed by atoms with Gasteiger partial charge in [-0.3, -0.25) is 4.79 Å². The van der Waals surface area contributed by atoms with Crippen molar-refractivity contribution in [2.75, 3.05) is 13.1 Å². The lowest BCUT2D eigenvalue weighted by Gasteiger charge is -2.26. The highest BCUT2D eigenvalue weighted by Gasteiger charge is 2.31. The SMILES string of the molecule is CC.O=C1C(Br)CN(O)CC1Br. The van der Waals surface area contributed by atoms with Crippen LogP contribution in [0.3, 0.4) is 0 Å². The van der Waals surface area contributed by atoms with Gasteiger partial charge in [0, 0.05) is 13.1 Å². The van der Waals surface area contributed by atoms with Crippen molar-refractivity contribution in [1.82, 2.24) is 5.06 Å². The maximum atomic E-state index is 11.0. The third kappa shape index (κ3) is 3.51. The second kappa shape index (κ2) is 6.07. The molecule has 0 aromatic heterocycles. The molecule has 1 rings (SSSR count). The number of alkyl halides is 2. The van der Waals surface area contributed by atoms with E-state index in [2.05, 4.69) is 31.9 Å². The summed E-state index contributed by atoms with van der Waals surface area (Å²) < 4.78 is 0. The van der Waals surface area contributed by atoms with Gasteiger partial charge in [0.15, 0.2) is 5.78 Å². The van der Waals surface area contributed by atoms with Crippen molar-refractivity contribution in [3.63, 3.8) is 0 Å². The van der Waals surface area contributed by atoms with Gasteiger partial charge in [0.2, 0.25) is 0 Å². The Hall–Kier alpha value is 0.550. The van der Waals surface area contributed by atoms with E-state index in [1.54, 1.807) is 0 Å². The second-order valence-corrected chi connectivity index (χ2v) is 4.42. The van der Waals surface area contributed by atoms with Gasteiger partial charge in [-0.15, -0.1) is 0 Å². The van der Waals surface area contributed by atoms with Crippen LogP contribution in [0.1, 0.15) is 13.8 Å². The van der Waals surface area contributed by atoms with Gasteiger partial charge in [-0.05, 0) is 0 Å². The fraction of sp³-hybridized carbons (Fsp3) is 0.857. The Morgan fingerprint density at radius 3 is 2.00 bits per heavy atom. The summed E-state index contributed by atoms with van der Waals surface area (Å²) in [5.74, 6) is 0.102. The maximum Gasteiger partial charge on any atom is 0.162 e. The average molecular weight is 303 g/mol. The summed E-state index contributed by atoms with van der Waals surface area (Å²) in [6.07, 6.45) is 0. The van der Waals surface area contributed by atoms with E-state index >= 15 is 0 Å². The lowest BCUT2D eigenvalue weighted by atomic mass is 10.1. The van der Waals surface area contributed by atoms with E-state index in [1.807, 2.05) is 13.8 Å². The number of Topliss-reactive ketones (excluding diaryl/α,β-unsaturated/α-hetero) is 1.